The van der Waals surface area contributed by atoms with E-state index in [-0.39, 0.29) is 12.5 Å². The van der Waals surface area contributed by atoms with Crippen molar-refractivity contribution in [2.45, 2.75) is 58.5 Å². The Hall–Kier alpha value is -0.610. The van der Waals surface area contributed by atoms with E-state index in [9.17, 15) is 4.79 Å². The van der Waals surface area contributed by atoms with Gasteiger partial charge in [0.1, 0.15) is 0 Å². The maximum absolute atomic E-state index is 10.8. The molecule has 0 radical (unpaired) electrons. The van der Waals surface area contributed by atoms with E-state index in [1.807, 2.05) is 6.92 Å². The number of carboxylic acid groups (broad SMARTS) is 1. The van der Waals surface area contributed by atoms with Gasteiger partial charge in [-0.2, -0.15) is 0 Å². The molecule has 0 aromatic carbocycles. The molecular formula is C14H28N2O2. The fraction of sp³-hybridized carbons (Fsp3) is 0.929. The van der Waals surface area contributed by atoms with E-state index in [0.29, 0.717) is 6.04 Å². The van der Waals surface area contributed by atoms with Crippen LogP contribution in [0, 0.1) is 0 Å². The van der Waals surface area contributed by atoms with Gasteiger partial charge < -0.3 is 10.0 Å². The smallest absolute Gasteiger partial charge is 0.304 e. The molecule has 0 saturated carbocycles. The van der Waals surface area contributed by atoms with E-state index in [4.69, 9.17) is 5.11 Å². The first-order chi connectivity index (χ1) is 8.58. The number of aliphatic carboxylic acids is 1. The number of carboxylic acids is 1. The molecule has 0 amide bonds. The first kappa shape index (κ1) is 15.4. The van der Waals surface area contributed by atoms with Crippen LogP contribution in [0.5, 0.6) is 0 Å². The molecule has 0 bridgehead atoms. The Bertz CT molecular complexity index is 258. The number of nitrogens with zero attached hydrogens (tertiary/aromatic N) is 2. The van der Waals surface area contributed by atoms with Crippen molar-refractivity contribution in [3.63, 3.8) is 0 Å². The molecule has 2 atom stereocenters. The van der Waals surface area contributed by atoms with Crippen LogP contribution in [0.3, 0.4) is 0 Å². The SMILES string of the molecule is CCN1CCCC(N(CC)C(C)CC(=O)O)CC1. The summed E-state index contributed by atoms with van der Waals surface area (Å²) in [5.41, 5.74) is 0. The Morgan fingerprint density at radius 2 is 2.11 bits per heavy atom. The van der Waals surface area contributed by atoms with Crippen LogP contribution in [-0.2, 0) is 4.79 Å². The van der Waals surface area contributed by atoms with E-state index in [1.165, 1.54) is 25.8 Å². The van der Waals surface area contributed by atoms with Crippen LogP contribution in [0.4, 0.5) is 0 Å². The van der Waals surface area contributed by atoms with Gasteiger partial charge in [-0.25, -0.2) is 0 Å². The van der Waals surface area contributed by atoms with Gasteiger partial charge >= 0.3 is 5.97 Å². The van der Waals surface area contributed by atoms with Gasteiger partial charge in [-0.3, -0.25) is 9.69 Å². The lowest BCUT2D eigenvalue weighted by Gasteiger charge is -2.34. The van der Waals surface area contributed by atoms with Gasteiger partial charge in [0.05, 0.1) is 6.42 Å². The van der Waals surface area contributed by atoms with E-state index in [0.717, 1.165) is 19.6 Å². The van der Waals surface area contributed by atoms with E-state index in [2.05, 4.69) is 23.6 Å². The fourth-order valence-corrected chi connectivity index (χ4v) is 3.09. The molecule has 0 aromatic heterocycles. The third-order valence-corrected chi connectivity index (χ3v) is 4.11. The summed E-state index contributed by atoms with van der Waals surface area (Å²) in [6.45, 7) is 10.8. The van der Waals surface area contributed by atoms with Crippen LogP contribution in [0.25, 0.3) is 0 Å². The second kappa shape index (κ2) is 7.74. The molecule has 1 fully saturated rings. The van der Waals surface area contributed by atoms with E-state index < -0.39 is 5.97 Å². The number of carbonyl (C=O) groups is 1. The monoisotopic (exact) mass is 256 g/mol. The Kier molecular flexibility index (Phi) is 6.65. The van der Waals surface area contributed by atoms with Crippen molar-refractivity contribution in [2.75, 3.05) is 26.2 Å². The summed E-state index contributed by atoms with van der Waals surface area (Å²) in [6, 6.07) is 0.701. The lowest BCUT2D eigenvalue weighted by Crippen LogP contribution is -2.43. The normalized spacial score (nSPS) is 23.9. The van der Waals surface area contributed by atoms with E-state index >= 15 is 0 Å². The maximum Gasteiger partial charge on any atom is 0.304 e. The van der Waals surface area contributed by atoms with Crippen LogP contribution in [0.1, 0.15) is 46.5 Å². The molecule has 0 aromatic rings. The summed E-state index contributed by atoms with van der Waals surface area (Å²) in [5.74, 6) is -0.690. The first-order valence-corrected chi connectivity index (χ1v) is 7.28. The minimum atomic E-state index is -0.690. The lowest BCUT2D eigenvalue weighted by atomic mass is 10.0. The highest BCUT2D eigenvalue weighted by atomic mass is 16.4. The summed E-state index contributed by atoms with van der Waals surface area (Å²) >= 11 is 0. The molecule has 4 nitrogen and oxygen atoms in total. The lowest BCUT2D eigenvalue weighted by molar-refractivity contribution is -0.138. The Labute approximate surface area is 111 Å². The molecular weight excluding hydrogens is 228 g/mol. The average Bonchev–Trinajstić information content (AvgIpc) is 2.54. The number of hydrogen-bond donors (Lipinski definition) is 1. The predicted octanol–water partition coefficient (Wildman–Crippen LogP) is 2.05. The second-order valence-corrected chi connectivity index (χ2v) is 5.30. The van der Waals surface area contributed by atoms with Crippen LogP contribution < -0.4 is 0 Å². The summed E-state index contributed by atoms with van der Waals surface area (Å²) in [5, 5.41) is 8.93. The van der Waals surface area contributed by atoms with E-state index in [1.54, 1.807) is 0 Å². The Morgan fingerprint density at radius 3 is 2.67 bits per heavy atom. The molecule has 1 saturated heterocycles. The number of likely N-dealkylation sites (tertiary alicyclic amines) is 1. The summed E-state index contributed by atoms with van der Waals surface area (Å²) in [4.78, 5) is 15.7. The van der Waals surface area contributed by atoms with Gasteiger partial charge in [-0.1, -0.05) is 13.8 Å². The summed E-state index contributed by atoms with van der Waals surface area (Å²) in [7, 11) is 0. The topological polar surface area (TPSA) is 43.8 Å². The Balaban J connectivity index is 2.55. The minimum absolute atomic E-state index is 0.144. The van der Waals surface area contributed by atoms with Crippen LogP contribution in [0.15, 0.2) is 0 Å². The molecule has 0 spiro atoms. The van der Waals surface area contributed by atoms with Crippen molar-refractivity contribution in [1.29, 1.82) is 0 Å². The fourth-order valence-electron chi connectivity index (χ4n) is 3.09. The molecule has 1 heterocycles. The van der Waals surface area contributed by atoms with Crippen molar-refractivity contribution in [1.82, 2.24) is 9.80 Å². The quantitative estimate of drug-likeness (QED) is 0.790. The molecule has 1 aliphatic heterocycles. The third-order valence-electron chi connectivity index (χ3n) is 4.11. The van der Waals surface area contributed by atoms with Crippen LogP contribution in [-0.4, -0.2) is 59.1 Å². The zero-order chi connectivity index (χ0) is 13.5. The third kappa shape index (κ3) is 4.58. The van der Waals surface area contributed by atoms with Crippen LogP contribution in [0.2, 0.25) is 0 Å². The molecule has 1 rings (SSSR count). The summed E-state index contributed by atoms with van der Waals surface area (Å²) < 4.78 is 0. The van der Waals surface area contributed by atoms with Gasteiger partial charge in [0.25, 0.3) is 0 Å². The van der Waals surface area contributed by atoms with Gasteiger partial charge in [0.15, 0.2) is 0 Å². The number of rotatable bonds is 6. The maximum atomic E-state index is 10.8. The van der Waals surface area contributed by atoms with Crippen LogP contribution >= 0.6 is 0 Å². The molecule has 1 N–H and O–H groups in total. The standard InChI is InChI=1S/C14H28N2O2/c1-4-15-9-6-7-13(8-10-15)16(5-2)12(3)11-14(17)18/h12-13H,4-11H2,1-3H3,(H,17,18). The predicted molar refractivity (Wildman–Crippen MR) is 73.8 cm³/mol. The average molecular weight is 256 g/mol. The number of hydrogen-bond acceptors (Lipinski definition) is 3. The highest BCUT2D eigenvalue weighted by Gasteiger charge is 2.25. The molecule has 4 heteroatoms. The van der Waals surface area contributed by atoms with Gasteiger partial charge in [-0.15, -0.1) is 0 Å². The van der Waals surface area contributed by atoms with Crippen molar-refractivity contribution in [3.8, 4) is 0 Å². The minimum Gasteiger partial charge on any atom is -0.481 e. The molecule has 106 valence electrons. The van der Waals surface area contributed by atoms with Crippen molar-refractivity contribution in [2.24, 2.45) is 0 Å². The highest BCUT2D eigenvalue weighted by molar-refractivity contribution is 5.67. The molecule has 1 aliphatic rings. The van der Waals surface area contributed by atoms with Gasteiger partial charge in [0.2, 0.25) is 0 Å². The van der Waals surface area contributed by atoms with Gasteiger partial charge in [0, 0.05) is 12.1 Å². The molecule has 18 heavy (non-hydrogen) atoms. The largest absolute Gasteiger partial charge is 0.481 e. The zero-order valence-corrected chi connectivity index (χ0v) is 12.1. The first-order valence-electron chi connectivity index (χ1n) is 7.28. The molecule has 0 aliphatic carbocycles. The van der Waals surface area contributed by atoms with Crippen molar-refractivity contribution >= 4 is 5.97 Å². The highest BCUT2D eigenvalue weighted by Crippen LogP contribution is 2.20. The zero-order valence-electron chi connectivity index (χ0n) is 12.1. The second-order valence-electron chi connectivity index (χ2n) is 5.30. The van der Waals surface area contributed by atoms with Crippen molar-refractivity contribution < 1.29 is 9.90 Å². The Morgan fingerprint density at radius 1 is 1.39 bits per heavy atom. The van der Waals surface area contributed by atoms with Crippen molar-refractivity contribution in [3.05, 3.63) is 0 Å². The van der Waals surface area contributed by atoms with Gasteiger partial charge in [-0.05, 0) is 52.4 Å². The molecule has 2 unspecified atom stereocenters. The summed E-state index contributed by atoms with van der Waals surface area (Å²) in [6.07, 6.45) is 3.86.